The van der Waals surface area contributed by atoms with E-state index in [0.29, 0.717) is 11.5 Å². The highest BCUT2D eigenvalue weighted by molar-refractivity contribution is 5.43. The molecule has 2 rings (SSSR count). The van der Waals surface area contributed by atoms with Crippen molar-refractivity contribution in [1.29, 1.82) is 0 Å². The van der Waals surface area contributed by atoms with Crippen molar-refractivity contribution in [1.82, 2.24) is 10.3 Å². The number of aromatic nitrogens is 1. The van der Waals surface area contributed by atoms with Gasteiger partial charge in [-0.2, -0.15) is 0 Å². The Labute approximate surface area is 123 Å². The molecule has 2 heterocycles. The van der Waals surface area contributed by atoms with E-state index in [2.05, 4.69) is 55.0 Å². The molecule has 1 unspecified atom stereocenters. The molecule has 20 heavy (non-hydrogen) atoms. The van der Waals surface area contributed by atoms with Crippen molar-refractivity contribution in [3.63, 3.8) is 0 Å². The average molecular weight is 275 g/mol. The number of nitrogens with one attached hydrogen (secondary N) is 1. The van der Waals surface area contributed by atoms with Gasteiger partial charge in [-0.05, 0) is 55.8 Å². The van der Waals surface area contributed by atoms with E-state index in [9.17, 15) is 0 Å². The van der Waals surface area contributed by atoms with Crippen LogP contribution in [0.4, 0.5) is 5.82 Å². The third-order valence-electron chi connectivity index (χ3n) is 5.04. The van der Waals surface area contributed by atoms with Crippen LogP contribution in [0.3, 0.4) is 0 Å². The molecule has 1 aromatic heterocycles. The molecular weight excluding hydrogens is 246 g/mol. The van der Waals surface area contributed by atoms with Gasteiger partial charge in [0.1, 0.15) is 5.82 Å². The summed E-state index contributed by atoms with van der Waals surface area (Å²) in [4.78, 5) is 7.06. The molecular formula is C17H29N3. The van der Waals surface area contributed by atoms with Crippen molar-refractivity contribution in [3.8, 4) is 0 Å². The second kappa shape index (κ2) is 6.57. The van der Waals surface area contributed by atoms with E-state index in [4.69, 9.17) is 0 Å². The predicted octanol–water partition coefficient (Wildman–Crippen LogP) is 3.77. The lowest BCUT2D eigenvalue weighted by Crippen LogP contribution is -2.27. The van der Waals surface area contributed by atoms with Gasteiger partial charge in [0.05, 0.1) is 0 Å². The molecule has 1 N–H and O–H groups in total. The zero-order chi connectivity index (χ0) is 14.6. The molecule has 0 aliphatic carbocycles. The van der Waals surface area contributed by atoms with Gasteiger partial charge in [0, 0.05) is 25.3 Å². The first-order valence-corrected chi connectivity index (χ1v) is 8.08. The summed E-state index contributed by atoms with van der Waals surface area (Å²) in [5.41, 5.74) is 1.84. The van der Waals surface area contributed by atoms with E-state index in [1.165, 1.54) is 24.8 Å². The Morgan fingerprint density at radius 1 is 1.35 bits per heavy atom. The Bertz CT molecular complexity index is 426. The predicted molar refractivity (Wildman–Crippen MR) is 86.2 cm³/mol. The Morgan fingerprint density at radius 2 is 2.10 bits per heavy atom. The molecule has 0 amide bonds. The van der Waals surface area contributed by atoms with Gasteiger partial charge in [-0.3, -0.25) is 0 Å². The number of pyridine rings is 1. The minimum absolute atomic E-state index is 0.395. The average Bonchev–Trinajstić information content (AvgIpc) is 2.93. The summed E-state index contributed by atoms with van der Waals surface area (Å²) in [5, 5.41) is 3.47. The Morgan fingerprint density at radius 3 is 2.70 bits per heavy atom. The SMILES string of the molecule is CCNC(C)c1ccnc(N2CCC(CC)(CC)C2)c1. The van der Waals surface area contributed by atoms with E-state index in [1.807, 2.05) is 6.20 Å². The van der Waals surface area contributed by atoms with Crippen LogP contribution in [0.2, 0.25) is 0 Å². The fraction of sp³-hybridized carbons (Fsp3) is 0.706. The van der Waals surface area contributed by atoms with E-state index in [1.54, 1.807) is 0 Å². The monoisotopic (exact) mass is 275 g/mol. The topological polar surface area (TPSA) is 28.2 Å². The van der Waals surface area contributed by atoms with E-state index >= 15 is 0 Å². The summed E-state index contributed by atoms with van der Waals surface area (Å²) in [5.74, 6) is 1.15. The van der Waals surface area contributed by atoms with Crippen LogP contribution in [-0.4, -0.2) is 24.6 Å². The van der Waals surface area contributed by atoms with Crippen LogP contribution in [0.15, 0.2) is 18.3 Å². The molecule has 1 saturated heterocycles. The maximum absolute atomic E-state index is 4.60. The minimum atomic E-state index is 0.395. The van der Waals surface area contributed by atoms with Gasteiger partial charge in [0.25, 0.3) is 0 Å². The Hall–Kier alpha value is -1.09. The van der Waals surface area contributed by atoms with Crippen molar-refractivity contribution in [2.24, 2.45) is 5.41 Å². The molecule has 0 radical (unpaired) electrons. The standard InChI is InChI=1S/C17H29N3/c1-5-17(6-2)9-11-20(13-17)16-12-15(8-10-19-16)14(4)18-7-3/h8,10,12,14,18H,5-7,9,11,13H2,1-4H3. The van der Waals surface area contributed by atoms with Crippen LogP contribution in [-0.2, 0) is 0 Å². The molecule has 112 valence electrons. The summed E-state index contributed by atoms with van der Waals surface area (Å²) in [6.45, 7) is 12.3. The first-order valence-electron chi connectivity index (χ1n) is 8.08. The molecule has 1 aromatic rings. The summed E-state index contributed by atoms with van der Waals surface area (Å²) in [7, 11) is 0. The first kappa shape index (κ1) is 15.3. The molecule has 3 heteroatoms. The number of anilines is 1. The molecule has 1 atom stereocenters. The lowest BCUT2D eigenvalue weighted by atomic mass is 9.82. The molecule has 1 aliphatic heterocycles. The van der Waals surface area contributed by atoms with E-state index < -0.39 is 0 Å². The van der Waals surface area contributed by atoms with Gasteiger partial charge in [-0.25, -0.2) is 4.98 Å². The molecule has 0 spiro atoms. The van der Waals surface area contributed by atoms with Crippen molar-refractivity contribution >= 4 is 5.82 Å². The van der Waals surface area contributed by atoms with Crippen molar-refractivity contribution in [2.45, 2.75) is 53.0 Å². The van der Waals surface area contributed by atoms with Gasteiger partial charge in [-0.1, -0.05) is 20.8 Å². The van der Waals surface area contributed by atoms with E-state index in [0.717, 1.165) is 25.5 Å². The normalized spacial score (nSPS) is 19.3. The summed E-state index contributed by atoms with van der Waals surface area (Å²) in [6.07, 6.45) is 5.80. The Balaban J connectivity index is 2.12. The van der Waals surface area contributed by atoms with E-state index in [-0.39, 0.29) is 0 Å². The third-order valence-corrected chi connectivity index (χ3v) is 5.04. The lowest BCUT2D eigenvalue weighted by Gasteiger charge is -2.27. The van der Waals surface area contributed by atoms with Gasteiger partial charge < -0.3 is 10.2 Å². The van der Waals surface area contributed by atoms with Crippen molar-refractivity contribution in [3.05, 3.63) is 23.9 Å². The lowest BCUT2D eigenvalue weighted by molar-refractivity contribution is 0.301. The highest BCUT2D eigenvalue weighted by Crippen LogP contribution is 2.38. The molecule has 0 aromatic carbocycles. The largest absolute Gasteiger partial charge is 0.356 e. The molecule has 3 nitrogen and oxygen atoms in total. The highest BCUT2D eigenvalue weighted by Gasteiger charge is 2.35. The number of rotatable bonds is 6. The number of hydrogen-bond donors (Lipinski definition) is 1. The smallest absolute Gasteiger partial charge is 0.128 e. The van der Waals surface area contributed by atoms with Crippen LogP contribution >= 0.6 is 0 Å². The maximum atomic E-state index is 4.60. The second-order valence-corrected chi connectivity index (χ2v) is 6.11. The Kier molecular flexibility index (Phi) is 5.03. The highest BCUT2D eigenvalue weighted by atomic mass is 15.2. The van der Waals surface area contributed by atoms with Gasteiger partial charge in [0.15, 0.2) is 0 Å². The van der Waals surface area contributed by atoms with Gasteiger partial charge >= 0.3 is 0 Å². The van der Waals surface area contributed by atoms with Crippen LogP contribution in [0.25, 0.3) is 0 Å². The van der Waals surface area contributed by atoms with Crippen LogP contribution in [0.5, 0.6) is 0 Å². The van der Waals surface area contributed by atoms with Gasteiger partial charge in [-0.15, -0.1) is 0 Å². The second-order valence-electron chi connectivity index (χ2n) is 6.11. The van der Waals surface area contributed by atoms with Gasteiger partial charge in [0.2, 0.25) is 0 Å². The number of nitrogens with zero attached hydrogens (tertiary/aromatic N) is 2. The summed E-state index contributed by atoms with van der Waals surface area (Å²) in [6, 6.07) is 4.78. The van der Waals surface area contributed by atoms with Crippen LogP contribution < -0.4 is 10.2 Å². The fourth-order valence-corrected chi connectivity index (χ4v) is 3.26. The third kappa shape index (κ3) is 3.14. The molecule has 0 bridgehead atoms. The first-order chi connectivity index (χ1) is 9.64. The number of hydrogen-bond acceptors (Lipinski definition) is 3. The minimum Gasteiger partial charge on any atom is -0.356 e. The van der Waals surface area contributed by atoms with Crippen LogP contribution in [0.1, 0.15) is 58.6 Å². The zero-order valence-electron chi connectivity index (χ0n) is 13.4. The van der Waals surface area contributed by atoms with Crippen molar-refractivity contribution < 1.29 is 0 Å². The molecule has 0 saturated carbocycles. The fourth-order valence-electron chi connectivity index (χ4n) is 3.26. The van der Waals surface area contributed by atoms with Crippen LogP contribution in [0, 0.1) is 5.41 Å². The van der Waals surface area contributed by atoms with Crippen molar-refractivity contribution in [2.75, 3.05) is 24.5 Å². The zero-order valence-corrected chi connectivity index (χ0v) is 13.4. The molecule has 1 fully saturated rings. The summed E-state index contributed by atoms with van der Waals surface area (Å²) >= 11 is 0. The quantitative estimate of drug-likeness (QED) is 0.856. The summed E-state index contributed by atoms with van der Waals surface area (Å²) < 4.78 is 0. The molecule has 1 aliphatic rings. The maximum Gasteiger partial charge on any atom is 0.128 e.